The van der Waals surface area contributed by atoms with Crippen molar-refractivity contribution >= 4 is 29.3 Å². The molecule has 0 aliphatic heterocycles. The topological polar surface area (TPSA) is 88.9 Å². The van der Waals surface area contributed by atoms with Crippen molar-refractivity contribution < 1.29 is 9.59 Å². The molecular formula is C25H31N5O2S. The van der Waals surface area contributed by atoms with Crippen LogP contribution < -0.4 is 10.6 Å². The molecule has 3 rings (SSSR count). The first-order chi connectivity index (χ1) is 15.8. The van der Waals surface area contributed by atoms with E-state index in [-0.39, 0.29) is 29.5 Å². The van der Waals surface area contributed by atoms with Crippen LogP contribution in [0.4, 0.5) is 5.69 Å². The Morgan fingerprint density at radius 3 is 2.39 bits per heavy atom. The number of amides is 2. The van der Waals surface area contributed by atoms with E-state index in [1.807, 2.05) is 87.7 Å². The van der Waals surface area contributed by atoms with Crippen LogP contribution in [-0.4, -0.2) is 32.3 Å². The molecule has 2 amide bonds. The lowest BCUT2D eigenvalue weighted by Crippen LogP contribution is -2.33. The Morgan fingerprint density at radius 2 is 1.76 bits per heavy atom. The Morgan fingerprint density at radius 1 is 1.03 bits per heavy atom. The number of anilines is 1. The molecule has 7 nitrogen and oxygen atoms in total. The van der Waals surface area contributed by atoms with Gasteiger partial charge < -0.3 is 15.2 Å². The first-order valence-electron chi connectivity index (χ1n) is 11.1. The molecule has 2 aromatic carbocycles. The highest BCUT2D eigenvalue weighted by molar-refractivity contribution is 7.99. The Hall–Kier alpha value is -3.13. The van der Waals surface area contributed by atoms with Crippen LogP contribution >= 0.6 is 11.8 Å². The van der Waals surface area contributed by atoms with E-state index >= 15 is 0 Å². The lowest BCUT2D eigenvalue weighted by molar-refractivity contribution is -0.113. The summed E-state index contributed by atoms with van der Waals surface area (Å²) >= 11 is 1.33. The first kappa shape index (κ1) is 24.5. The van der Waals surface area contributed by atoms with Crippen LogP contribution in [0.15, 0.2) is 53.7 Å². The van der Waals surface area contributed by atoms with E-state index in [0.29, 0.717) is 23.1 Å². The van der Waals surface area contributed by atoms with Crippen LogP contribution in [0, 0.1) is 19.8 Å². The van der Waals surface area contributed by atoms with Gasteiger partial charge in [-0.05, 0) is 56.5 Å². The number of carbonyl (C=O) groups is 2. The zero-order valence-corrected chi connectivity index (χ0v) is 20.6. The van der Waals surface area contributed by atoms with Gasteiger partial charge in [-0.1, -0.05) is 55.4 Å². The molecule has 3 aromatic rings. The van der Waals surface area contributed by atoms with Crippen molar-refractivity contribution in [3.05, 3.63) is 71.0 Å². The normalized spacial score (nSPS) is 11.9. The molecule has 0 aliphatic carbocycles. The predicted molar refractivity (Wildman–Crippen MR) is 132 cm³/mol. The Bertz CT molecular complexity index is 1110. The molecule has 0 unspecified atom stereocenters. The van der Waals surface area contributed by atoms with E-state index < -0.39 is 0 Å². The predicted octanol–water partition coefficient (Wildman–Crippen LogP) is 4.77. The summed E-state index contributed by atoms with van der Waals surface area (Å²) in [5.74, 6) is 0.761. The average molecular weight is 466 g/mol. The van der Waals surface area contributed by atoms with E-state index in [4.69, 9.17) is 0 Å². The van der Waals surface area contributed by atoms with Gasteiger partial charge in [0.2, 0.25) is 5.91 Å². The fraction of sp³-hybridized carbons (Fsp3) is 0.360. The molecule has 174 valence electrons. The van der Waals surface area contributed by atoms with Crippen LogP contribution in [0.2, 0.25) is 0 Å². The van der Waals surface area contributed by atoms with Gasteiger partial charge in [0, 0.05) is 17.8 Å². The highest BCUT2D eigenvalue weighted by Crippen LogP contribution is 2.26. The van der Waals surface area contributed by atoms with Crippen molar-refractivity contribution in [1.82, 2.24) is 20.1 Å². The van der Waals surface area contributed by atoms with Crippen LogP contribution in [0.3, 0.4) is 0 Å². The second-order valence-electron chi connectivity index (χ2n) is 8.35. The van der Waals surface area contributed by atoms with E-state index in [1.54, 1.807) is 0 Å². The second-order valence-corrected chi connectivity index (χ2v) is 9.30. The number of carbonyl (C=O) groups excluding carboxylic acids is 2. The highest BCUT2D eigenvalue weighted by Gasteiger charge is 2.26. The van der Waals surface area contributed by atoms with Crippen molar-refractivity contribution in [1.29, 1.82) is 0 Å². The molecular weight excluding hydrogens is 434 g/mol. The number of nitrogens with one attached hydrogen (secondary N) is 2. The van der Waals surface area contributed by atoms with Crippen molar-refractivity contribution in [2.24, 2.45) is 5.92 Å². The maximum atomic E-state index is 12.8. The van der Waals surface area contributed by atoms with Crippen molar-refractivity contribution in [2.45, 2.75) is 52.4 Å². The van der Waals surface area contributed by atoms with Crippen LogP contribution in [0.5, 0.6) is 0 Å². The molecule has 33 heavy (non-hydrogen) atoms. The molecule has 8 heteroatoms. The summed E-state index contributed by atoms with van der Waals surface area (Å²) in [6.07, 6.45) is 0. The SMILES string of the molecule is CCn1c(SCC(=O)Nc2cccc(C)c2)nnc1[C@H](NC(=O)c1ccc(C)cc1)C(C)C. The molecule has 2 N–H and O–H groups in total. The Balaban J connectivity index is 1.70. The third-order valence-electron chi connectivity index (χ3n) is 5.24. The largest absolute Gasteiger partial charge is 0.342 e. The molecule has 0 fully saturated rings. The summed E-state index contributed by atoms with van der Waals surface area (Å²) < 4.78 is 1.96. The van der Waals surface area contributed by atoms with Crippen LogP contribution in [0.1, 0.15) is 54.1 Å². The standard InChI is InChI=1S/C25H31N5O2S/c1-6-30-23(22(16(2)3)27-24(32)19-12-10-17(4)11-13-19)28-29-25(30)33-15-21(31)26-20-9-7-8-18(5)14-20/h7-14,16,22H,6,15H2,1-5H3,(H,26,31)(H,27,32)/t22-/m1/s1. The zero-order valence-electron chi connectivity index (χ0n) is 19.8. The van der Waals surface area contributed by atoms with Gasteiger partial charge in [-0.25, -0.2) is 0 Å². The number of thioether (sulfide) groups is 1. The van der Waals surface area contributed by atoms with Gasteiger partial charge in [-0.15, -0.1) is 10.2 Å². The number of hydrogen-bond donors (Lipinski definition) is 2. The lowest BCUT2D eigenvalue weighted by atomic mass is 10.0. The molecule has 0 spiro atoms. The molecule has 0 bridgehead atoms. The number of aromatic nitrogens is 3. The zero-order chi connectivity index (χ0) is 24.0. The van der Waals surface area contributed by atoms with Gasteiger partial charge in [-0.3, -0.25) is 9.59 Å². The molecule has 0 saturated carbocycles. The van der Waals surface area contributed by atoms with Gasteiger partial charge in [-0.2, -0.15) is 0 Å². The summed E-state index contributed by atoms with van der Waals surface area (Å²) in [6.45, 7) is 10.7. The molecule has 0 aliphatic rings. The van der Waals surface area contributed by atoms with E-state index in [1.165, 1.54) is 11.8 Å². The lowest BCUT2D eigenvalue weighted by Gasteiger charge is -2.22. The van der Waals surface area contributed by atoms with Crippen molar-refractivity contribution in [3.8, 4) is 0 Å². The van der Waals surface area contributed by atoms with Gasteiger partial charge in [0.25, 0.3) is 5.91 Å². The summed E-state index contributed by atoms with van der Waals surface area (Å²) in [7, 11) is 0. The molecule has 0 saturated heterocycles. The quantitative estimate of drug-likeness (QED) is 0.444. The monoisotopic (exact) mass is 465 g/mol. The van der Waals surface area contributed by atoms with E-state index in [0.717, 1.165) is 16.8 Å². The minimum atomic E-state index is -0.304. The van der Waals surface area contributed by atoms with Gasteiger partial charge in [0.05, 0.1) is 11.8 Å². The molecule has 1 atom stereocenters. The number of benzene rings is 2. The second kappa shape index (κ2) is 11.1. The summed E-state index contributed by atoms with van der Waals surface area (Å²) in [6, 6.07) is 14.9. The number of hydrogen-bond acceptors (Lipinski definition) is 5. The third kappa shape index (κ3) is 6.44. The maximum absolute atomic E-state index is 12.8. The first-order valence-corrected chi connectivity index (χ1v) is 12.1. The summed E-state index contributed by atoms with van der Waals surface area (Å²) in [5, 5.41) is 15.4. The highest BCUT2D eigenvalue weighted by atomic mass is 32.2. The van der Waals surface area contributed by atoms with Crippen LogP contribution in [0.25, 0.3) is 0 Å². The van der Waals surface area contributed by atoms with E-state index in [9.17, 15) is 9.59 Å². The molecule has 1 heterocycles. The smallest absolute Gasteiger partial charge is 0.251 e. The minimum Gasteiger partial charge on any atom is -0.342 e. The Labute approximate surface area is 199 Å². The fourth-order valence-corrected chi connectivity index (χ4v) is 4.25. The fourth-order valence-electron chi connectivity index (χ4n) is 3.44. The number of aryl methyl sites for hydroxylation is 2. The number of nitrogens with zero attached hydrogens (tertiary/aromatic N) is 3. The van der Waals surface area contributed by atoms with Crippen molar-refractivity contribution in [3.63, 3.8) is 0 Å². The Kier molecular flexibility index (Phi) is 8.27. The number of rotatable bonds is 9. The average Bonchev–Trinajstić information content (AvgIpc) is 3.18. The molecule has 0 radical (unpaired) electrons. The van der Waals surface area contributed by atoms with Crippen LogP contribution in [-0.2, 0) is 11.3 Å². The minimum absolute atomic E-state index is 0.106. The summed E-state index contributed by atoms with van der Waals surface area (Å²) in [4.78, 5) is 25.3. The van der Waals surface area contributed by atoms with Gasteiger partial charge in [0.15, 0.2) is 11.0 Å². The van der Waals surface area contributed by atoms with Crippen molar-refractivity contribution in [2.75, 3.05) is 11.1 Å². The van der Waals surface area contributed by atoms with Gasteiger partial charge in [0.1, 0.15) is 0 Å². The van der Waals surface area contributed by atoms with Gasteiger partial charge >= 0.3 is 0 Å². The van der Waals surface area contributed by atoms with E-state index in [2.05, 4.69) is 20.8 Å². The molecule has 1 aromatic heterocycles. The summed E-state index contributed by atoms with van der Waals surface area (Å²) in [5.41, 5.74) is 3.57. The third-order valence-corrected chi connectivity index (χ3v) is 6.21. The maximum Gasteiger partial charge on any atom is 0.251 e.